The molecule has 0 spiro atoms. The molecule has 0 unspecified atom stereocenters. The third-order valence-corrected chi connectivity index (χ3v) is 3.50. The number of rotatable bonds is 6. The van der Waals surface area contributed by atoms with Crippen LogP contribution in [0.4, 0.5) is 13.2 Å². The highest BCUT2D eigenvalue weighted by molar-refractivity contribution is 5.46. The third kappa shape index (κ3) is 4.65. The average molecular weight is 324 g/mol. The summed E-state index contributed by atoms with van der Waals surface area (Å²) in [6.07, 6.45) is -0.487. The van der Waals surface area contributed by atoms with Gasteiger partial charge < -0.3 is 9.84 Å². The molecule has 0 aliphatic heterocycles. The number of para-hydroxylation sites is 1. The van der Waals surface area contributed by atoms with E-state index < -0.39 is 11.7 Å². The largest absolute Gasteiger partial charge is 0.504 e. The Labute approximate surface area is 133 Å². The van der Waals surface area contributed by atoms with Crippen molar-refractivity contribution < 1.29 is 23.0 Å². The van der Waals surface area contributed by atoms with Gasteiger partial charge in [-0.25, -0.2) is 0 Å². The van der Waals surface area contributed by atoms with Crippen LogP contribution in [0.3, 0.4) is 0 Å². The van der Waals surface area contributed by atoms with E-state index in [2.05, 4.69) is 6.92 Å². The zero-order chi connectivity index (χ0) is 16.9. The zero-order valence-electron chi connectivity index (χ0n) is 12.9. The van der Waals surface area contributed by atoms with Crippen LogP contribution in [0.15, 0.2) is 42.5 Å². The average Bonchev–Trinajstić information content (AvgIpc) is 2.50. The minimum Gasteiger partial charge on any atom is -0.504 e. The Morgan fingerprint density at radius 2 is 1.74 bits per heavy atom. The molecule has 124 valence electrons. The summed E-state index contributed by atoms with van der Waals surface area (Å²) in [5.41, 5.74) is 0.0684. The van der Waals surface area contributed by atoms with Gasteiger partial charge >= 0.3 is 6.18 Å². The van der Waals surface area contributed by atoms with Crippen LogP contribution in [0.5, 0.6) is 17.2 Å². The molecule has 2 nitrogen and oxygen atoms in total. The molecule has 0 radical (unpaired) electrons. The Bertz CT molecular complexity index is 651. The molecule has 0 heterocycles. The van der Waals surface area contributed by atoms with Crippen LogP contribution in [-0.2, 0) is 12.6 Å². The molecular formula is C18H19F3O2. The molecule has 0 bridgehead atoms. The topological polar surface area (TPSA) is 29.5 Å². The summed E-state index contributed by atoms with van der Waals surface area (Å²) in [5.74, 6) is -0.467. The van der Waals surface area contributed by atoms with Crippen molar-refractivity contribution in [1.82, 2.24) is 0 Å². The highest BCUT2D eigenvalue weighted by Gasteiger charge is 2.34. The third-order valence-electron chi connectivity index (χ3n) is 3.50. The molecule has 0 aromatic heterocycles. The lowest BCUT2D eigenvalue weighted by molar-refractivity contribution is -0.138. The van der Waals surface area contributed by atoms with Gasteiger partial charge in [-0.05, 0) is 42.7 Å². The fourth-order valence-corrected chi connectivity index (χ4v) is 2.29. The van der Waals surface area contributed by atoms with Crippen molar-refractivity contribution >= 4 is 0 Å². The number of phenolic OH excluding ortho intramolecular Hbond substituents is 1. The van der Waals surface area contributed by atoms with Gasteiger partial charge in [0.15, 0.2) is 11.5 Å². The number of halogens is 3. The second-order valence-electron chi connectivity index (χ2n) is 5.36. The summed E-state index contributed by atoms with van der Waals surface area (Å²) in [5, 5.41) is 10.00. The van der Waals surface area contributed by atoms with Gasteiger partial charge in [0.25, 0.3) is 0 Å². The molecule has 2 aromatic carbocycles. The van der Waals surface area contributed by atoms with Crippen molar-refractivity contribution in [3.05, 3.63) is 53.6 Å². The van der Waals surface area contributed by atoms with Gasteiger partial charge in [0.2, 0.25) is 0 Å². The monoisotopic (exact) mass is 324 g/mol. The summed E-state index contributed by atoms with van der Waals surface area (Å²) in [4.78, 5) is 0. The van der Waals surface area contributed by atoms with Crippen molar-refractivity contribution in [3.8, 4) is 17.2 Å². The summed E-state index contributed by atoms with van der Waals surface area (Å²) in [6.45, 7) is 2.10. The van der Waals surface area contributed by atoms with E-state index in [0.717, 1.165) is 37.3 Å². The van der Waals surface area contributed by atoms with Crippen molar-refractivity contribution in [3.63, 3.8) is 0 Å². The Balaban J connectivity index is 2.18. The molecule has 0 fully saturated rings. The number of unbranched alkanes of at least 4 members (excludes halogenated alkanes) is 2. The van der Waals surface area contributed by atoms with Crippen LogP contribution in [0.25, 0.3) is 0 Å². The molecule has 0 atom stereocenters. The lowest BCUT2D eigenvalue weighted by Gasteiger charge is -2.14. The lowest BCUT2D eigenvalue weighted by Crippen LogP contribution is -2.06. The van der Waals surface area contributed by atoms with E-state index in [1.165, 1.54) is 24.3 Å². The predicted molar refractivity (Wildman–Crippen MR) is 82.9 cm³/mol. The quantitative estimate of drug-likeness (QED) is 0.667. The maximum absolute atomic E-state index is 12.9. The van der Waals surface area contributed by atoms with Gasteiger partial charge in [0.1, 0.15) is 5.75 Å². The van der Waals surface area contributed by atoms with Crippen LogP contribution < -0.4 is 4.74 Å². The molecule has 0 aliphatic carbocycles. The van der Waals surface area contributed by atoms with Gasteiger partial charge in [0, 0.05) is 0 Å². The standard InChI is InChI=1S/C18H19F3O2/c1-2-3-4-7-13-10-11-17(15(22)12-13)23-16-9-6-5-8-14(16)18(19,20)21/h5-6,8-12,22H,2-4,7H2,1H3. The van der Waals surface area contributed by atoms with Crippen molar-refractivity contribution in [2.75, 3.05) is 0 Å². The smallest absolute Gasteiger partial charge is 0.419 e. The first-order valence-electron chi connectivity index (χ1n) is 7.57. The highest BCUT2D eigenvalue weighted by Crippen LogP contribution is 2.40. The Hall–Kier alpha value is -2.17. The normalized spacial score (nSPS) is 11.5. The number of phenols is 1. The SMILES string of the molecule is CCCCCc1ccc(Oc2ccccc2C(F)(F)F)c(O)c1. The molecule has 1 N–H and O–H groups in total. The van der Waals surface area contributed by atoms with Gasteiger partial charge in [-0.3, -0.25) is 0 Å². The molecule has 23 heavy (non-hydrogen) atoms. The maximum atomic E-state index is 12.9. The van der Waals surface area contributed by atoms with E-state index in [9.17, 15) is 18.3 Å². The number of aromatic hydroxyl groups is 1. The summed E-state index contributed by atoms with van der Waals surface area (Å²) in [7, 11) is 0. The first-order valence-corrected chi connectivity index (χ1v) is 7.57. The first-order chi connectivity index (χ1) is 10.9. The van der Waals surface area contributed by atoms with E-state index >= 15 is 0 Å². The van der Waals surface area contributed by atoms with E-state index in [1.807, 2.05) is 0 Å². The molecule has 2 aromatic rings. The minimum atomic E-state index is -4.51. The number of alkyl halides is 3. The van der Waals surface area contributed by atoms with Crippen molar-refractivity contribution in [2.24, 2.45) is 0 Å². The first kappa shape index (κ1) is 17.2. The number of hydrogen-bond acceptors (Lipinski definition) is 2. The van der Waals surface area contributed by atoms with Crippen LogP contribution in [0, 0.1) is 0 Å². The number of hydrogen-bond donors (Lipinski definition) is 1. The van der Waals surface area contributed by atoms with E-state index in [4.69, 9.17) is 4.74 Å². The minimum absolute atomic E-state index is 0.0148. The fraction of sp³-hybridized carbons (Fsp3) is 0.333. The van der Waals surface area contributed by atoms with Gasteiger partial charge in [0.05, 0.1) is 5.56 Å². The molecular weight excluding hydrogens is 305 g/mol. The fourth-order valence-electron chi connectivity index (χ4n) is 2.29. The van der Waals surface area contributed by atoms with Gasteiger partial charge in [-0.2, -0.15) is 13.2 Å². The molecule has 5 heteroatoms. The molecule has 0 saturated heterocycles. The van der Waals surface area contributed by atoms with Crippen LogP contribution >= 0.6 is 0 Å². The Morgan fingerprint density at radius 1 is 1.00 bits per heavy atom. The zero-order valence-corrected chi connectivity index (χ0v) is 12.9. The number of ether oxygens (including phenoxy) is 1. The van der Waals surface area contributed by atoms with Crippen molar-refractivity contribution in [1.29, 1.82) is 0 Å². The lowest BCUT2D eigenvalue weighted by atomic mass is 10.1. The number of aryl methyl sites for hydroxylation is 1. The van der Waals surface area contributed by atoms with E-state index in [-0.39, 0.29) is 17.2 Å². The molecule has 0 saturated carbocycles. The summed E-state index contributed by atoms with van der Waals surface area (Å²) in [6, 6.07) is 9.75. The molecule has 0 aliphatic rings. The van der Waals surface area contributed by atoms with Crippen LogP contribution in [-0.4, -0.2) is 5.11 Å². The maximum Gasteiger partial charge on any atom is 0.419 e. The van der Waals surface area contributed by atoms with Crippen molar-refractivity contribution in [2.45, 2.75) is 38.8 Å². The summed E-state index contributed by atoms with van der Waals surface area (Å²) >= 11 is 0. The Morgan fingerprint density at radius 3 is 2.39 bits per heavy atom. The van der Waals surface area contributed by atoms with E-state index in [0.29, 0.717) is 0 Å². The van der Waals surface area contributed by atoms with Crippen LogP contribution in [0.1, 0.15) is 37.3 Å². The van der Waals surface area contributed by atoms with E-state index in [1.54, 1.807) is 12.1 Å². The van der Waals surface area contributed by atoms with Crippen LogP contribution in [0.2, 0.25) is 0 Å². The Kier molecular flexibility index (Phi) is 5.53. The second kappa shape index (κ2) is 7.40. The number of benzene rings is 2. The predicted octanol–water partition coefficient (Wildman–Crippen LogP) is 5.94. The second-order valence-corrected chi connectivity index (χ2v) is 5.36. The molecule has 2 rings (SSSR count). The van der Waals surface area contributed by atoms with Gasteiger partial charge in [-0.1, -0.05) is 38.0 Å². The highest BCUT2D eigenvalue weighted by atomic mass is 19.4. The summed E-state index contributed by atoms with van der Waals surface area (Å²) < 4.78 is 44.1. The molecule has 0 amide bonds. The van der Waals surface area contributed by atoms with Gasteiger partial charge in [-0.15, -0.1) is 0 Å².